The molecular formula is C26H39N5O3. The van der Waals surface area contributed by atoms with Crippen LogP contribution in [0.3, 0.4) is 0 Å². The van der Waals surface area contributed by atoms with Crippen molar-refractivity contribution in [1.82, 2.24) is 14.8 Å². The van der Waals surface area contributed by atoms with Crippen molar-refractivity contribution in [3.63, 3.8) is 0 Å². The number of likely N-dealkylation sites (N-methyl/N-ethyl adjacent to an activating group) is 1. The highest BCUT2D eigenvalue weighted by molar-refractivity contribution is 5.70. The monoisotopic (exact) mass is 469 g/mol. The first-order chi connectivity index (χ1) is 16.1. The summed E-state index contributed by atoms with van der Waals surface area (Å²) in [5.74, 6) is 0.497. The van der Waals surface area contributed by atoms with Crippen molar-refractivity contribution >= 4 is 11.8 Å². The maximum absolute atomic E-state index is 13.1. The Morgan fingerprint density at radius 3 is 2.56 bits per heavy atom. The normalized spacial score (nSPS) is 23.7. The van der Waals surface area contributed by atoms with E-state index >= 15 is 0 Å². The molecule has 1 saturated carbocycles. The lowest BCUT2D eigenvalue weighted by molar-refractivity contribution is -0.00622. The predicted octanol–water partition coefficient (Wildman–Crippen LogP) is 4.18. The van der Waals surface area contributed by atoms with E-state index in [4.69, 9.17) is 9.47 Å². The van der Waals surface area contributed by atoms with Crippen molar-refractivity contribution in [1.29, 1.82) is 5.26 Å². The Kier molecular flexibility index (Phi) is 6.95. The second kappa shape index (κ2) is 9.61. The maximum Gasteiger partial charge on any atom is 0.410 e. The molecule has 2 saturated heterocycles. The zero-order valence-electron chi connectivity index (χ0n) is 21.3. The third-order valence-corrected chi connectivity index (χ3v) is 7.49. The molecule has 2 atom stereocenters. The number of aromatic nitrogens is 1. The molecule has 8 heteroatoms. The molecule has 8 nitrogen and oxygen atoms in total. The fourth-order valence-corrected chi connectivity index (χ4v) is 5.85. The summed E-state index contributed by atoms with van der Waals surface area (Å²) in [5.41, 5.74) is 0.535. The van der Waals surface area contributed by atoms with Crippen LogP contribution in [0.5, 0.6) is 5.88 Å². The highest BCUT2D eigenvalue weighted by Gasteiger charge is 2.47. The summed E-state index contributed by atoms with van der Waals surface area (Å²) in [6.45, 7) is 10.9. The van der Waals surface area contributed by atoms with Gasteiger partial charge in [-0.25, -0.2) is 9.78 Å². The lowest BCUT2D eigenvalue weighted by Gasteiger charge is -2.49. The van der Waals surface area contributed by atoms with E-state index in [1.807, 2.05) is 37.8 Å². The zero-order valence-corrected chi connectivity index (χ0v) is 21.3. The summed E-state index contributed by atoms with van der Waals surface area (Å²) in [5, 5.41) is 9.64. The molecule has 0 unspecified atom stereocenters. The summed E-state index contributed by atoms with van der Waals surface area (Å²) >= 11 is 0. The number of ether oxygens (including phenoxy) is 2. The molecule has 3 heterocycles. The average Bonchev–Trinajstić information content (AvgIpc) is 3.41. The molecule has 1 spiro atoms. The van der Waals surface area contributed by atoms with Crippen molar-refractivity contribution < 1.29 is 14.3 Å². The molecule has 186 valence electrons. The lowest BCUT2D eigenvalue weighted by Crippen LogP contribution is -2.63. The van der Waals surface area contributed by atoms with Crippen LogP contribution in [-0.4, -0.2) is 77.4 Å². The molecular weight excluding hydrogens is 430 g/mol. The minimum atomic E-state index is -0.517. The number of hydrogen-bond donors (Lipinski definition) is 0. The Morgan fingerprint density at radius 2 is 1.94 bits per heavy atom. The van der Waals surface area contributed by atoms with Crippen LogP contribution in [0, 0.1) is 11.3 Å². The fraction of sp³-hybridized carbons (Fsp3) is 0.731. The maximum atomic E-state index is 13.1. The standard InChI is InChI=1S/C26H39N5O3/c1-19(22-9-8-12-29(22)5)33-23-16-21(15-20(17-27)28-23)30-13-14-31(24(32)34-25(2,3)4)26(18-30)10-6-7-11-26/h15-16,19,22H,6-14,18H2,1-5H3/t19-,22-/m0/s1. The molecule has 0 aromatic carbocycles. The minimum absolute atomic E-state index is 0.00742. The van der Waals surface area contributed by atoms with E-state index in [9.17, 15) is 10.1 Å². The summed E-state index contributed by atoms with van der Waals surface area (Å²) in [6, 6.07) is 6.35. The Balaban J connectivity index is 1.54. The molecule has 0 radical (unpaired) electrons. The van der Waals surface area contributed by atoms with Crippen molar-refractivity contribution in [3.05, 3.63) is 17.8 Å². The number of piperazine rings is 1. The second-order valence-electron chi connectivity index (χ2n) is 11.2. The van der Waals surface area contributed by atoms with Gasteiger partial charge in [0.05, 0.1) is 5.54 Å². The number of anilines is 1. The number of nitriles is 1. The van der Waals surface area contributed by atoms with Crippen molar-refractivity contribution in [3.8, 4) is 11.9 Å². The lowest BCUT2D eigenvalue weighted by atomic mass is 9.91. The summed E-state index contributed by atoms with van der Waals surface area (Å²) in [4.78, 5) is 24.1. The van der Waals surface area contributed by atoms with Gasteiger partial charge in [-0.05, 0) is 73.0 Å². The van der Waals surface area contributed by atoms with Crippen LogP contribution in [0.1, 0.15) is 71.9 Å². The Labute approximate surface area is 203 Å². The number of amides is 1. The van der Waals surface area contributed by atoms with Crippen LogP contribution in [0.4, 0.5) is 10.5 Å². The van der Waals surface area contributed by atoms with Gasteiger partial charge in [-0.1, -0.05) is 12.8 Å². The first-order valence-electron chi connectivity index (χ1n) is 12.6. The first-order valence-corrected chi connectivity index (χ1v) is 12.6. The number of nitrogens with zero attached hydrogens (tertiary/aromatic N) is 5. The number of pyridine rings is 1. The average molecular weight is 470 g/mol. The molecule has 3 fully saturated rings. The van der Waals surface area contributed by atoms with Gasteiger partial charge in [0.2, 0.25) is 5.88 Å². The van der Waals surface area contributed by atoms with Gasteiger partial charge in [0.15, 0.2) is 0 Å². The number of carbonyl (C=O) groups excluding carboxylic acids is 1. The van der Waals surface area contributed by atoms with E-state index in [1.165, 1.54) is 6.42 Å². The summed E-state index contributed by atoms with van der Waals surface area (Å²) < 4.78 is 12.0. The van der Waals surface area contributed by atoms with Crippen LogP contribution in [0.15, 0.2) is 12.1 Å². The van der Waals surface area contributed by atoms with Crippen LogP contribution in [0.2, 0.25) is 0 Å². The molecule has 1 amide bonds. The summed E-state index contributed by atoms with van der Waals surface area (Å²) in [7, 11) is 2.13. The van der Waals surface area contributed by atoms with Crippen LogP contribution < -0.4 is 9.64 Å². The van der Waals surface area contributed by atoms with Gasteiger partial charge in [-0.3, -0.25) is 9.80 Å². The zero-order chi connectivity index (χ0) is 24.5. The van der Waals surface area contributed by atoms with Crippen LogP contribution >= 0.6 is 0 Å². The largest absolute Gasteiger partial charge is 0.473 e. The van der Waals surface area contributed by atoms with Gasteiger partial charge < -0.3 is 14.4 Å². The molecule has 0 N–H and O–H groups in total. The van der Waals surface area contributed by atoms with Gasteiger partial charge in [-0.15, -0.1) is 0 Å². The molecule has 2 aliphatic heterocycles. The highest BCUT2D eigenvalue weighted by atomic mass is 16.6. The van der Waals surface area contributed by atoms with Gasteiger partial charge in [0, 0.05) is 37.4 Å². The SMILES string of the molecule is C[C@H](Oc1cc(N2CCN(C(=O)OC(C)(C)C)C3(CCCC3)C2)cc(C#N)n1)[C@@H]1CCCN1C. The molecule has 0 bridgehead atoms. The van der Waals surface area contributed by atoms with E-state index in [0.29, 0.717) is 30.7 Å². The van der Waals surface area contributed by atoms with E-state index in [0.717, 1.165) is 50.9 Å². The van der Waals surface area contributed by atoms with Crippen LogP contribution in [0.25, 0.3) is 0 Å². The number of carbonyl (C=O) groups is 1. The number of likely N-dealkylation sites (tertiary alicyclic amines) is 1. The molecule has 34 heavy (non-hydrogen) atoms. The van der Waals surface area contributed by atoms with E-state index in [1.54, 1.807) is 0 Å². The van der Waals surface area contributed by atoms with Crippen molar-refractivity contribution in [2.24, 2.45) is 0 Å². The van der Waals surface area contributed by atoms with E-state index in [2.05, 4.69) is 34.8 Å². The fourth-order valence-electron chi connectivity index (χ4n) is 5.85. The smallest absolute Gasteiger partial charge is 0.410 e. The third kappa shape index (κ3) is 5.25. The van der Waals surface area contributed by atoms with Gasteiger partial charge >= 0.3 is 6.09 Å². The van der Waals surface area contributed by atoms with E-state index in [-0.39, 0.29) is 17.7 Å². The molecule has 1 aliphatic carbocycles. The molecule has 3 aliphatic rings. The summed E-state index contributed by atoms with van der Waals surface area (Å²) in [6.07, 6.45) is 6.20. The third-order valence-electron chi connectivity index (χ3n) is 7.49. The molecule has 4 rings (SSSR count). The highest BCUT2D eigenvalue weighted by Crippen LogP contribution is 2.40. The first kappa shape index (κ1) is 24.6. The minimum Gasteiger partial charge on any atom is -0.473 e. The second-order valence-corrected chi connectivity index (χ2v) is 11.2. The van der Waals surface area contributed by atoms with Gasteiger partial charge in [0.1, 0.15) is 23.5 Å². The Hall–Kier alpha value is -2.53. The van der Waals surface area contributed by atoms with Gasteiger partial charge in [-0.2, -0.15) is 5.26 Å². The topological polar surface area (TPSA) is 81.9 Å². The van der Waals surface area contributed by atoms with Crippen molar-refractivity contribution in [2.45, 2.75) is 89.5 Å². The van der Waals surface area contributed by atoms with E-state index < -0.39 is 5.60 Å². The number of hydrogen-bond acceptors (Lipinski definition) is 7. The van der Waals surface area contributed by atoms with Gasteiger partial charge in [0.25, 0.3) is 0 Å². The molecule has 1 aromatic heterocycles. The quantitative estimate of drug-likeness (QED) is 0.654. The molecule has 1 aromatic rings. The van der Waals surface area contributed by atoms with Crippen LogP contribution in [-0.2, 0) is 4.74 Å². The van der Waals surface area contributed by atoms with Crippen molar-refractivity contribution in [2.75, 3.05) is 38.1 Å². The number of rotatable bonds is 4. The predicted molar refractivity (Wildman–Crippen MR) is 131 cm³/mol. The Bertz CT molecular complexity index is 931. The Morgan fingerprint density at radius 1 is 1.21 bits per heavy atom.